The van der Waals surface area contributed by atoms with Gasteiger partial charge in [-0.15, -0.1) is 0 Å². The highest BCUT2D eigenvalue weighted by Crippen LogP contribution is 2.18. The SMILES string of the molecule is Cc1ccc(S(=O)(=O)NCC2CCCN(CC(=O)NC(=O)Nc3ccc(C)cc3C)C2)cc1. The molecule has 1 atom stereocenters. The van der Waals surface area contributed by atoms with Crippen LogP contribution in [0.1, 0.15) is 29.5 Å². The molecular formula is C24H32N4O4S. The van der Waals surface area contributed by atoms with Gasteiger partial charge in [0.15, 0.2) is 0 Å². The molecule has 1 unspecified atom stereocenters. The maximum absolute atomic E-state index is 12.5. The van der Waals surface area contributed by atoms with Gasteiger partial charge in [-0.25, -0.2) is 17.9 Å². The van der Waals surface area contributed by atoms with Crippen molar-refractivity contribution in [2.75, 3.05) is 31.5 Å². The van der Waals surface area contributed by atoms with Crippen molar-refractivity contribution in [3.05, 3.63) is 59.2 Å². The Kier molecular flexibility index (Phi) is 8.23. The lowest BCUT2D eigenvalue weighted by atomic mass is 9.98. The third kappa shape index (κ3) is 7.38. The molecule has 3 rings (SSSR count). The highest BCUT2D eigenvalue weighted by atomic mass is 32.2. The van der Waals surface area contributed by atoms with Crippen LogP contribution in [0.25, 0.3) is 0 Å². The second kappa shape index (κ2) is 10.9. The van der Waals surface area contributed by atoms with E-state index in [0.29, 0.717) is 18.8 Å². The monoisotopic (exact) mass is 472 g/mol. The molecule has 0 aromatic heterocycles. The predicted molar refractivity (Wildman–Crippen MR) is 129 cm³/mol. The van der Waals surface area contributed by atoms with Crippen LogP contribution in [0, 0.1) is 26.7 Å². The molecule has 1 saturated heterocycles. The molecule has 0 spiro atoms. The van der Waals surface area contributed by atoms with Gasteiger partial charge in [-0.3, -0.25) is 15.0 Å². The summed E-state index contributed by atoms with van der Waals surface area (Å²) in [6.07, 6.45) is 1.74. The zero-order chi connectivity index (χ0) is 24.0. The van der Waals surface area contributed by atoms with Crippen molar-refractivity contribution in [3.63, 3.8) is 0 Å². The van der Waals surface area contributed by atoms with Crippen LogP contribution in [-0.4, -0.2) is 51.4 Å². The number of likely N-dealkylation sites (tertiary alicyclic amines) is 1. The van der Waals surface area contributed by atoms with Gasteiger partial charge < -0.3 is 5.32 Å². The van der Waals surface area contributed by atoms with Gasteiger partial charge in [0.05, 0.1) is 11.4 Å². The number of rotatable bonds is 7. The lowest BCUT2D eigenvalue weighted by molar-refractivity contribution is -0.121. The molecule has 2 aromatic rings. The summed E-state index contributed by atoms with van der Waals surface area (Å²) in [7, 11) is -3.57. The van der Waals surface area contributed by atoms with E-state index in [1.54, 1.807) is 24.3 Å². The van der Waals surface area contributed by atoms with Crippen molar-refractivity contribution in [1.29, 1.82) is 0 Å². The van der Waals surface area contributed by atoms with E-state index in [-0.39, 0.29) is 17.4 Å². The molecule has 2 aromatic carbocycles. The summed E-state index contributed by atoms with van der Waals surface area (Å²) < 4.78 is 27.7. The topological polar surface area (TPSA) is 108 Å². The van der Waals surface area contributed by atoms with Gasteiger partial charge in [0, 0.05) is 18.8 Å². The number of amides is 3. The summed E-state index contributed by atoms with van der Waals surface area (Å²) in [5, 5.41) is 5.08. The van der Waals surface area contributed by atoms with E-state index in [2.05, 4.69) is 15.4 Å². The van der Waals surface area contributed by atoms with E-state index in [4.69, 9.17) is 0 Å². The van der Waals surface area contributed by atoms with Crippen LogP contribution in [0.3, 0.4) is 0 Å². The molecule has 1 aliphatic heterocycles. The minimum Gasteiger partial charge on any atom is -0.307 e. The number of sulfonamides is 1. The number of nitrogens with one attached hydrogen (secondary N) is 3. The number of imide groups is 1. The fourth-order valence-corrected chi connectivity index (χ4v) is 5.08. The normalized spacial score (nSPS) is 16.9. The Morgan fingerprint density at radius 2 is 1.73 bits per heavy atom. The van der Waals surface area contributed by atoms with Crippen molar-refractivity contribution in [2.45, 2.75) is 38.5 Å². The van der Waals surface area contributed by atoms with Crippen LogP contribution in [0.2, 0.25) is 0 Å². The average molecular weight is 473 g/mol. The first-order valence-corrected chi connectivity index (χ1v) is 12.6. The minimum absolute atomic E-state index is 0.0848. The number of carbonyl (C=O) groups is 2. The predicted octanol–water partition coefficient (Wildman–Crippen LogP) is 2.95. The number of hydrogen-bond acceptors (Lipinski definition) is 5. The van der Waals surface area contributed by atoms with E-state index in [1.165, 1.54) is 0 Å². The molecule has 9 heteroatoms. The quantitative estimate of drug-likeness (QED) is 0.574. The van der Waals surface area contributed by atoms with Crippen molar-refractivity contribution in [2.24, 2.45) is 5.92 Å². The van der Waals surface area contributed by atoms with Gasteiger partial charge in [-0.1, -0.05) is 35.4 Å². The number of anilines is 1. The van der Waals surface area contributed by atoms with Crippen molar-refractivity contribution >= 4 is 27.6 Å². The van der Waals surface area contributed by atoms with Gasteiger partial charge >= 0.3 is 6.03 Å². The molecule has 8 nitrogen and oxygen atoms in total. The van der Waals surface area contributed by atoms with E-state index >= 15 is 0 Å². The largest absolute Gasteiger partial charge is 0.325 e. The zero-order valence-corrected chi connectivity index (χ0v) is 20.2. The number of nitrogens with zero attached hydrogens (tertiary/aromatic N) is 1. The molecule has 0 aliphatic carbocycles. The van der Waals surface area contributed by atoms with E-state index < -0.39 is 22.0 Å². The first-order chi connectivity index (χ1) is 15.6. The molecule has 178 valence electrons. The molecule has 3 N–H and O–H groups in total. The Hall–Kier alpha value is -2.75. The molecule has 1 aliphatic rings. The first-order valence-electron chi connectivity index (χ1n) is 11.1. The molecule has 1 heterocycles. The van der Waals surface area contributed by atoms with Crippen LogP contribution < -0.4 is 15.4 Å². The number of benzene rings is 2. The summed E-state index contributed by atoms with van der Waals surface area (Å²) in [6, 6.07) is 11.8. The number of piperidine rings is 1. The Morgan fingerprint density at radius 3 is 2.42 bits per heavy atom. The maximum Gasteiger partial charge on any atom is 0.325 e. The van der Waals surface area contributed by atoms with Crippen LogP contribution in [0.5, 0.6) is 0 Å². The fraction of sp³-hybridized carbons (Fsp3) is 0.417. The minimum atomic E-state index is -3.57. The fourth-order valence-electron chi connectivity index (χ4n) is 3.97. The standard InChI is InChI=1S/C24H32N4O4S/c1-17-6-9-21(10-7-17)33(31,32)25-14-20-5-4-12-28(15-20)16-23(29)27-24(30)26-22-11-8-18(2)13-19(22)3/h6-11,13,20,25H,4-5,12,14-16H2,1-3H3,(H2,26,27,29,30). The lowest BCUT2D eigenvalue weighted by Gasteiger charge is -2.32. The van der Waals surface area contributed by atoms with Gasteiger partial charge in [-0.2, -0.15) is 0 Å². The number of carbonyl (C=O) groups excluding carboxylic acids is 2. The smallest absolute Gasteiger partial charge is 0.307 e. The first kappa shape index (κ1) is 24.9. The highest BCUT2D eigenvalue weighted by Gasteiger charge is 2.24. The Morgan fingerprint density at radius 1 is 1.03 bits per heavy atom. The molecule has 0 saturated carbocycles. The van der Waals surface area contributed by atoms with Crippen molar-refractivity contribution < 1.29 is 18.0 Å². The van der Waals surface area contributed by atoms with Gasteiger partial charge in [-0.05, 0) is 69.8 Å². The second-order valence-corrected chi connectivity index (χ2v) is 10.5. The summed E-state index contributed by atoms with van der Waals surface area (Å²) in [5.41, 5.74) is 3.67. The Bertz CT molecular complexity index is 1100. The number of hydrogen-bond donors (Lipinski definition) is 3. The molecule has 3 amide bonds. The molecule has 0 radical (unpaired) electrons. The third-order valence-electron chi connectivity index (χ3n) is 5.75. The summed E-state index contributed by atoms with van der Waals surface area (Å²) in [4.78, 5) is 26.8. The molecular weight excluding hydrogens is 440 g/mol. The van der Waals surface area contributed by atoms with Crippen molar-refractivity contribution in [1.82, 2.24) is 14.9 Å². The van der Waals surface area contributed by atoms with E-state index in [1.807, 2.05) is 43.9 Å². The Labute approximate surface area is 195 Å². The van der Waals surface area contributed by atoms with Crippen LogP contribution in [0.4, 0.5) is 10.5 Å². The van der Waals surface area contributed by atoms with Crippen LogP contribution in [0.15, 0.2) is 47.4 Å². The molecule has 1 fully saturated rings. The van der Waals surface area contributed by atoms with E-state index in [0.717, 1.165) is 36.1 Å². The summed E-state index contributed by atoms with van der Waals surface area (Å²) in [6.45, 7) is 7.48. The number of urea groups is 1. The average Bonchev–Trinajstić information content (AvgIpc) is 2.75. The summed E-state index contributed by atoms with van der Waals surface area (Å²) in [5.74, 6) is -0.297. The molecule has 0 bridgehead atoms. The maximum atomic E-state index is 12.5. The van der Waals surface area contributed by atoms with Crippen LogP contribution >= 0.6 is 0 Å². The van der Waals surface area contributed by atoms with Gasteiger partial charge in [0.2, 0.25) is 15.9 Å². The second-order valence-electron chi connectivity index (χ2n) is 8.73. The van der Waals surface area contributed by atoms with Crippen LogP contribution in [-0.2, 0) is 14.8 Å². The third-order valence-corrected chi connectivity index (χ3v) is 7.19. The van der Waals surface area contributed by atoms with E-state index in [9.17, 15) is 18.0 Å². The van der Waals surface area contributed by atoms with Gasteiger partial charge in [0.1, 0.15) is 0 Å². The van der Waals surface area contributed by atoms with Gasteiger partial charge in [0.25, 0.3) is 0 Å². The molecule has 33 heavy (non-hydrogen) atoms. The zero-order valence-electron chi connectivity index (χ0n) is 19.3. The van der Waals surface area contributed by atoms with Crippen molar-refractivity contribution in [3.8, 4) is 0 Å². The summed E-state index contributed by atoms with van der Waals surface area (Å²) >= 11 is 0. The Balaban J connectivity index is 1.46. The number of aryl methyl sites for hydroxylation is 3. The highest BCUT2D eigenvalue weighted by molar-refractivity contribution is 7.89. The lowest BCUT2D eigenvalue weighted by Crippen LogP contribution is -2.46.